The third-order valence-corrected chi connectivity index (χ3v) is 4.08. The Morgan fingerprint density at radius 3 is 2.47 bits per heavy atom. The van der Waals surface area contributed by atoms with Crippen molar-refractivity contribution < 1.29 is 0 Å². The third-order valence-electron chi connectivity index (χ3n) is 2.98. The minimum absolute atomic E-state index is 0.193. The number of hydrogen-bond donors (Lipinski definition) is 1. The Hall–Kier alpha value is -1.25. The molecule has 0 fully saturated rings. The van der Waals surface area contributed by atoms with Crippen LogP contribution in [0.2, 0.25) is 0 Å². The van der Waals surface area contributed by atoms with Crippen molar-refractivity contribution in [2.45, 2.75) is 43.0 Å². The largest absolute Gasteiger partial charge is 0.328 e. The summed E-state index contributed by atoms with van der Waals surface area (Å²) in [7, 11) is 0. The second kappa shape index (κ2) is 6.27. The van der Waals surface area contributed by atoms with Gasteiger partial charge >= 0.3 is 0 Å². The number of hydrogen-bond acceptors (Lipinski definition) is 2. The molecule has 0 bridgehead atoms. The van der Waals surface area contributed by atoms with Crippen molar-refractivity contribution in [1.82, 2.24) is 0 Å². The monoisotopic (exact) mass is 271 g/mol. The lowest BCUT2D eigenvalue weighted by molar-refractivity contribution is 0.729. The normalized spacial score (nSPS) is 12.4. The van der Waals surface area contributed by atoms with E-state index in [0.29, 0.717) is 0 Å². The van der Waals surface area contributed by atoms with E-state index in [1.54, 1.807) is 0 Å². The molecule has 0 aliphatic carbocycles. The Kier molecular flexibility index (Phi) is 4.67. The minimum atomic E-state index is 0.193. The Bertz CT molecular complexity index is 561. The molecule has 0 aliphatic rings. The second-order valence-corrected chi connectivity index (χ2v) is 6.33. The quantitative estimate of drug-likeness (QED) is 0.895. The van der Waals surface area contributed by atoms with Gasteiger partial charge in [-0.05, 0) is 51.0 Å². The van der Waals surface area contributed by atoms with E-state index in [2.05, 4.69) is 63.2 Å². The average molecular weight is 271 g/mol. The van der Waals surface area contributed by atoms with Gasteiger partial charge in [-0.3, -0.25) is 0 Å². The number of benzene rings is 2. The van der Waals surface area contributed by atoms with Gasteiger partial charge in [0, 0.05) is 15.8 Å². The van der Waals surface area contributed by atoms with Crippen molar-refractivity contribution >= 4 is 11.8 Å². The van der Waals surface area contributed by atoms with E-state index >= 15 is 0 Å². The van der Waals surface area contributed by atoms with Gasteiger partial charge in [0.15, 0.2) is 0 Å². The molecule has 2 rings (SSSR count). The number of rotatable bonds is 4. The summed E-state index contributed by atoms with van der Waals surface area (Å²) in [5, 5.41) is 0. The van der Waals surface area contributed by atoms with Crippen LogP contribution in [-0.4, -0.2) is 6.04 Å². The maximum atomic E-state index is 5.95. The van der Waals surface area contributed by atoms with Crippen LogP contribution in [-0.2, 0) is 6.42 Å². The van der Waals surface area contributed by atoms with Crippen LogP contribution >= 0.6 is 11.8 Å². The van der Waals surface area contributed by atoms with Gasteiger partial charge in [0.05, 0.1) is 0 Å². The van der Waals surface area contributed by atoms with Crippen molar-refractivity contribution in [3.8, 4) is 0 Å². The van der Waals surface area contributed by atoms with Gasteiger partial charge in [-0.25, -0.2) is 0 Å². The maximum absolute atomic E-state index is 5.95. The fraction of sp³-hybridized carbons (Fsp3) is 0.294. The van der Waals surface area contributed by atoms with E-state index in [-0.39, 0.29) is 6.04 Å². The summed E-state index contributed by atoms with van der Waals surface area (Å²) in [6, 6.07) is 15.4. The fourth-order valence-corrected chi connectivity index (χ4v) is 3.17. The molecule has 2 aromatic rings. The predicted molar refractivity (Wildman–Crippen MR) is 83.8 cm³/mol. The van der Waals surface area contributed by atoms with Crippen LogP contribution in [0.4, 0.5) is 0 Å². The molecular weight excluding hydrogens is 250 g/mol. The molecule has 0 saturated carbocycles. The van der Waals surface area contributed by atoms with Crippen LogP contribution in [0.3, 0.4) is 0 Å². The fourth-order valence-electron chi connectivity index (χ4n) is 2.12. The molecule has 0 aliphatic heterocycles. The van der Waals surface area contributed by atoms with E-state index < -0.39 is 0 Å². The molecule has 2 aromatic carbocycles. The van der Waals surface area contributed by atoms with E-state index in [4.69, 9.17) is 5.73 Å². The zero-order chi connectivity index (χ0) is 13.8. The molecule has 0 aromatic heterocycles. The Morgan fingerprint density at radius 2 is 1.79 bits per heavy atom. The zero-order valence-electron chi connectivity index (χ0n) is 11.8. The molecule has 0 amide bonds. The summed E-state index contributed by atoms with van der Waals surface area (Å²) in [4.78, 5) is 2.60. The number of aryl methyl sites for hydroxylation is 2. The first-order chi connectivity index (χ1) is 9.04. The lowest BCUT2D eigenvalue weighted by Gasteiger charge is -2.12. The molecule has 1 unspecified atom stereocenters. The van der Waals surface area contributed by atoms with Crippen molar-refractivity contribution in [3.05, 3.63) is 59.2 Å². The van der Waals surface area contributed by atoms with Crippen LogP contribution in [0.1, 0.15) is 23.6 Å². The highest BCUT2D eigenvalue weighted by Crippen LogP contribution is 2.32. The van der Waals surface area contributed by atoms with Crippen molar-refractivity contribution in [3.63, 3.8) is 0 Å². The molecule has 0 spiro atoms. The SMILES string of the molecule is Cc1cccc(Sc2ccc(C)cc2CC(C)N)c1. The lowest BCUT2D eigenvalue weighted by atomic mass is 10.1. The molecule has 1 nitrogen and oxygen atoms in total. The molecule has 2 N–H and O–H groups in total. The van der Waals surface area contributed by atoms with E-state index in [9.17, 15) is 0 Å². The Labute approximate surface area is 120 Å². The van der Waals surface area contributed by atoms with E-state index in [1.807, 2.05) is 11.8 Å². The summed E-state index contributed by atoms with van der Waals surface area (Å²) in [5.41, 5.74) is 9.89. The highest BCUT2D eigenvalue weighted by molar-refractivity contribution is 7.99. The first-order valence-corrected chi connectivity index (χ1v) is 7.46. The summed E-state index contributed by atoms with van der Waals surface area (Å²) in [5.74, 6) is 0. The standard InChI is InChI=1S/C17H21NS/c1-12-5-4-6-16(10-12)19-17-8-7-13(2)9-15(17)11-14(3)18/h4-10,14H,11,18H2,1-3H3. The minimum Gasteiger partial charge on any atom is -0.328 e. The van der Waals surface area contributed by atoms with Gasteiger partial charge in [-0.2, -0.15) is 0 Å². The molecule has 0 radical (unpaired) electrons. The highest BCUT2D eigenvalue weighted by atomic mass is 32.2. The molecule has 1 atom stereocenters. The summed E-state index contributed by atoms with van der Waals surface area (Å²) in [6.07, 6.45) is 0.926. The molecular formula is C17H21NS. The summed E-state index contributed by atoms with van der Waals surface area (Å²) < 4.78 is 0. The predicted octanol–water partition coefficient (Wildman–Crippen LogP) is 4.34. The first kappa shape index (κ1) is 14.2. The van der Waals surface area contributed by atoms with Crippen LogP contribution in [0, 0.1) is 13.8 Å². The van der Waals surface area contributed by atoms with Gasteiger partial charge in [0.2, 0.25) is 0 Å². The third kappa shape index (κ3) is 4.12. The van der Waals surface area contributed by atoms with Gasteiger partial charge in [0.1, 0.15) is 0 Å². The van der Waals surface area contributed by atoms with Crippen molar-refractivity contribution in [2.24, 2.45) is 5.73 Å². The first-order valence-electron chi connectivity index (χ1n) is 6.64. The van der Waals surface area contributed by atoms with Crippen LogP contribution in [0.25, 0.3) is 0 Å². The molecule has 0 saturated heterocycles. The van der Waals surface area contributed by atoms with Gasteiger partial charge < -0.3 is 5.73 Å². The lowest BCUT2D eigenvalue weighted by Crippen LogP contribution is -2.18. The average Bonchev–Trinajstić information content (AvgIpc) is 2.32. The van der Waals surface area contributed by atoms with Crippen LogP contribution < -0.4 is 5.73 Å². The van der Waals surface area contributed by atoms with Gasteiger partial charge in [0.25, 0.3) is 0 Å². The molecule has 19 heavy (non-hydrogen) atoms. The Balaban J connectivity index is 2.28. The van der Waals surface area contributed by atoms with E-state index in [1.165, 1.54) is 26.5 Å². The van der Waals surface area contributed by atoms with E-state index in [0.717, 1.165) is 6.42 Å². The highest BCUT2D eigenvalue weighted by Gasteiger charge is 2.07. The van der Waals surface area contributed by atoms with Crippen molar-refractivity contribution in [2.75, 3.05) is 0 Å². The maximum Gasteiger partial charge on any atom is 0.0155 e. The molecule has 2 heteroatoms. The topological polar surface area (TPSA) is 26.0 Å². The summed E-state index contributed by atoms with van der Waals surface area (Å²) >= 11 is 1.82. The molecule has 0 heterocycles. The second-order valence-electron chi connectivity index (χ2n) is 5.21. The van der Waals surface area contributed by atoms with Crippen LogP contribution in [0.5, 0.6) is 0 Å². The zero-order valence-corrected chi connectivity index (χ0v) is 12.6. The summed E-state index contributed by atoms with van der Waals surface area (Å²) in [6.45, 7) is 6.32. The van der Waals surface area contributed by atoms with Crippen molar-refractivity contribution in [1.29, 1.82) is 0 Å². The van der Waals surface area contributed by atoms with Crippen LogP contribution in [0.15, 0.2) is 52.3 Å². The Morgan fingerprint density at radius 1 is 1.05 bits per heavy atom. The molecule has 100 valence electrons. The smallest absolute Gasteiger partial charge is 0.0155 e. The van der Waals surface area contributed by atoms with Gasteiger partial charge in [-0.1, -0.05) is 47.2 Å². The number of nitrogens with two attached hydrogens (primary N) is 1. The van der Waals surface area contributed by atoms with Gasteiger partial charge in [-0.15, -0.1) is 0 Å².